The van der Waals surface area contributed by atoms with Gasteiger partial charge in [0.1, 0.15) is 0 Å². The molecule has 3 N–H and O–H groups in total. The second-order valence-corrected chi connectivity index (χ2v) is 5.27. The third-order valence-corrected chi connectivity index (χ3v) is 3.85. The van der Waals surface area contributed by atoms with E-state index in [2.05, 4.69) is 5.32 Å². The predicted octanol–water partition coefficient (Wildman–Crippen LogP) is 1.41. The Bertz CT molecular complexity index is 553. The number of hydrogen-bond acceptors (Lipinski definition) is 4. The number of nitrogens with one attached hydrogen (secondary N) is 1. The maximum atomic E-state index is 12.1. The van der Waals surface area contributed by atoms with Crippen molar-refractivity contribution in [1.82, 2.24) is 10.2 Å². The van der Waals surface area contributed by atoms with Crippen molar-refractivity contribution < 1.29 is 24.5 Å². The average Bonchev–Trinajstić information content (AvgIpc) is 2.53. The minimum atomic E-state index is -0.935. The van der Waals surface area contributed by atoms with E-state index in [1.54, 1.807) is 12.1 Å². The molecule has 0 bridgehead atoms. The largest absolute Gasteiger partial charge is 0.504 e. The van der Waals surface area contributed by atoms with Crippen LogP contribution in [0, 0.1) is 5.92 Å². The van der Waals surface area contributed by atoms with Crippen molar-refractivity contribution in [2.24, 2.45) is 5.92 Å². The van der Waals surface area contributed by atoms with Gasteiger partial charge in [0.05, 0.1) is 7.11 Å². The average molecular weight is 308 g/mol. The highest BCUT2D eigenvalue weighted by molar-refractivity contribution is 5.79. The molecule has 1 heterocycles. The highest BCUT2D eigenvalue weighted by atomic mass is 16.5. The van der Waals surface area contributed by atoms with E-state index in [9.17, 15) is 14.7 Å². The van der Waals surface area contributed by atoms with Crippen LogP contribution in [-0.4, -0.2) is 47.3 Å². The fraction of sp³-hybridized carbons (Fsp3) is 0.467. The van der Waals surface area contributed by atoms with Crippen molar-refractivity contribution in [2.75, 3.05) is 20.2 Å². The van der Waals surface area contributed by atoms with E-state index in [0.29, 0.717) is 38.2 Å². The normalized spacial score (nSPS) is 15.4. The van der Waals surface area contributed by atoms with Crippen molar-refractivity contribution in [3.8, 4) is 11.5 Å². The molecule has 7 nitrogen and oxygen atoms in total. The van der Waals surface area contributed by atoms with Crippen molar-refractivity contribution in [2.45, 2.75) is 19.4 Å². The number of carbonyl (C=O) groups excluding carboxylic acids is 1. The zero-order valence-electron chi connectivity index (χ0n) is 12.4. The van der Waals surface area contributed by atoms with Gasteiger partial charge in [0.2, 0.25) is 5.91 Å². The van der Waals surface area contributed by atoms with Crippen LogP contribution in [0.15, 0.2) is 18.2 Å². The third kappa shape index (κ3) is 3.81. The summed E-state index contributed by atoms with van der Waals surface area (Å²) in [6, 6.07) is 4.90. The molecule has 120 valence electrons. The van der Waals surface area contributed by atoms with Gasteiger partial charge in [-0.1, -0.05) is 6.07 Å². The number of aromatic hydroxyl groups is 1. The molecule has 0 atom stereocenters. The van der Waals surface area contributed by atoms with E-state index in [-0.39, 0.29) is 17.6 Å². The molecule has 2 amide bonds. The van der Waals surface area contributed by atoms with Crippen LogP contribution in [0.2, 0.25) is 0 Å². The van der Waals surface area contributed by atoms with Gasteiger partial charge in [0, 0.05) is 25.6 Å². The van der Waals surface area contributed by atoms with Gasteiger partial charge in [-0.15, -0.1) is 0 Å². The number of phenolic OH excluding ortho intramolecular Hbond substituents is 1. The summed E-state index contributed by atoms with van der Waals surface area (Å²) in [5, 5.41) is 21.2. The molecule has 7 heteroatoms. The molecular formula is C15H20N2O5. The Morgan fingerprint density at radius 2 is 2.05 bits per heavy atom. The molecule has 0 aromatic heterocycles. The number of nitrogens with zero attached hydrogens (tertiary/aromatic N) is 1. The topological polar surface area (TPSA) is 99.1 Å². The molecule has 1 saturated heterocycles. The van der Waals surface area contributed by atoms with Gasteiger partial charge in [-0.2, -0.15) is 0 Å². The number of methoxy groups -OCH3 is 1. The second-order valence-electron chi connectivity index (χ2n) is 5.27. The summed E-state index contributed by atoms with van der Waals surface area (Å²) in [7, 11) is 1.47. The van der Waals surface area contributed by atoms with E-state index in [1.807, 2.05) is 0 Å². The Kier molecular flexibility index (Phi) is 5.08. The highest BCUT2D eigenvalue weighted by Crippen LogP contribution is 2.26. The quantitative estimate of drug-likeness (QED) is 0.781. The lowest BCUT2D eigenvalue weighted by Gasteiger charge is -2.29. The van der Waals surface area contributed by atoms with Gasteiger partial charge in [-0.25, -0.2) is 4.79 Å². The van der Waals surface area contributed by atoms with Gasteiger partial charge < -0.3 is 25.2 Å². The molecule has 2 rings (SSSR count). The van der Waals surface area contributed by atoms with Crippen molar-refractivity contribution in [3.63, 3.8) is 0 Å². The molecule has 1 aromatic carbocycles. The molecule has 0 radical (unpaired) electrons. The summed E-state index contributed by atoms with van der Waals surface area (Å²) in [6.07, 6.45) is 0.142. The number of carbonyl (C=O) groups is 2. The van der Waals surface area contributed by atoms with Crippen LogP contribution in [0.1, 0.15) is 18.4 Å². The number of ether oxygens (including phenoxy) is 1. The van der Waals surface area contributed by atoms with Crippen molar-refractivity contribution in [1.29, 1.82) is 0 Å². The van der Waals surface area contributed by atoms with E-state index < -0.39 is 6.09 Å². The Balaban J connectivity index is 1.84. The minimum Gasteiger partial charge on any atom is -0.504 e. The fourth-order valence-electron chi connectivity index (χ4n) is 2.50. The number of piperidine rings is 1. The molecule has 22 heavy (non-hydrogen) atoms. The molecule has 1 aliphatic heterocycles. The highest BCUT2D eigenvalue weighted by Gasteiger charge is 2.26. The van der Waals surface area contributed by atoms with E-state index in [4.69, 9.17) is 9.84 Å². The van der Waals surface area contributed by atoms with Gasteiger partial charge in [0.15, 0.2) is 11.5 Å². The first-order chi connectivity index (χ1) is 10.5. The smallest absolute Gasteiger partial charge is 0.407 e. The summed E-state index contributed by atoms with van der Waals surface area (Å²) in [5.41, 5.74) is 0.825. The maximum Gasteiger partial charge on any atom is 0.407 e. The SMILES string of the molecule is COc1cc(CNC(=O)C2CCN(C(=O)O)CC2)ccc1O. The Hall–Kier alpha value is -2.44. The number of rotatable bonds is 4. The lowest BCUT2D eigenvalue weighted by molar-refractivity contribution is -0.126. The first-order valence-electron chi connectivity index (χ1n) is 7.12. The van der Waals surface area contributed by atoms with Gasteiger partial charge in [-0.05, 0) is 30.5 Å². The van der Waals surface area contributed by atoms with Crippen molar-refractivity contribution in [3.05, 3.63) is 23.8 Å². The Morgan fingerprint density at radius 1 is 1.36 bits per heavy atom. The number of hydrogen-bond donors (Lipinski definition) is 3. The van der Waals surface area contributed by atoms with Gasteiger partial charge in [-0.3, -0.25) is 4.79 Å². The molecular weight excluding hydrogens is 288 g/mol. The first-order valence-corrected chi connectivity index (χ1v) is 7.12. The zero-order valence-corrected chi connectivity index (χ0v) is 12.4. The molecule has 1 fully saturated rings. The van der Waals surface area contributed by atoms with E-state index >= 15 is 0 Å². The monoisotopic (exact) mass is 308 g/mol. The molecule has 1 aliphatic rings. The van der Waals surface area contributed by atoms with Gasteiger partial charge in [0.25, 0.3) is 0 Å². The predicted molar refractivity (Wildman–Crippen MR) is 78.8 cm³/mol. The van der Waals surface area contributed by atoms with E-state index in [0.717, 1.165) is 5.56 Å². The number of carboxylic acid groups (broad SMARTS) is 1. The standard InChI is InChI=1S/C15H20N2O5/c1-22-13-8-10(2-3-12(13)18)9-16-14(19)11-4-6-17(7-5-11)15(20)21/h2-3,8,11,18H,4-7,9H2,1H3,(H,16,19)(H,20,21). The van der Waals surface area contributed by atoms with Crippen LogP contribution in [0.5, 0.6) is 11.5 Å². The molecule has 0 spiro atoms. The second kappa shape index (κ2) is 7.02. The summed E-state index contributed by atoms with van der Waals surface area (Å²) in [6.45, 7) is 1.12. The molecule has 1 aromatic rings. The summed E-state index contributed by atoms with van der Waals surface area (Å²) in [5.74, 6) is 0.187. The maximum absolute atomic E-state index is 12.1. The van der Waals surface area contributed by atoms with Crippen LogP contribution in [0.3, 0.4) is 0 Å². The lowest BCUT2D eigenvalue weighted by Crippen LogP contribution is -2.42. The summed E-state index contributed by atoms with van der Waals surface area (Å²) < 4.78 is 5.02. The van der Waals surface area contributed by atoms with Crippen LogP contribution >= 0.6 is 0 Å². The zero-order chi connectivity index (χ0) is 16.1. The number of amides is 2. The Labute approximate surface area is 128 Å². The number of likely N-dealkylation sites (tertiary alicyclic amines) is 1. The van der Waals surface area contributed by atoms with E-state index in [1.165, 1.54) is 18.1 Å². The Morgan fingerprint density at radius 3 is 2.64 bits per heavy atom. The summed E-state index contributed by atoms with van der Waals surface area (Å²) >= 11 is 0. The van der Waals surface area contributed by atoms with Crippen LogP contribution in [0.25, 0.3) is 0 Å². The number of benzene rings is 1. The van der Waals surface area contributed by atoms with Crippen LogP contribution in [-0.2, 0) is 11.3 Å². The van der Waals surface area contributed by atoms with Crippen molar-refractivity contribution >= 4 is 12.0 Å². The fourth-order valence-corrected chi connectivity index (χ4v) is 2.50. The molecule has 0 aliphatic carbocycles. The van der Waals surface area contributed by atoms with Gasteiger partial charge >= 0.3 is 6.09 Å². The van der Waals surface area contributed by atoms with Crippen LogP contribution in [0.4, 0.5) is 4.79 Å². The first kappa shape index (κ1) is 15.9. The third-order valence-electron chi connectivity index (χ3n) is 3.85. The summed E-state index contributed by atoms with van der Waals surface area (Å²) in [4.78, 5) is 24.3. The molecule has 0 saturated carbocycles. The minimum absolute atomic E-state index is 0.0543. The molecule has 0 unspecified atom stereocenters. The number of phenols is 1. The van der Waals surface area contributed by atoms with Crippen LogP contribution < -0.4 is 10.1 Å². The lowest BCUT2D eigenvalue weighted by atomic mass is 9.96.